The minimum absolute atomic E-state index is 0.00315. The highest BCUT2D eigenvalue weighted by Crippen LogP contribution is 2.25. The van der Waals surface area contributed by atoms with E-state index in [0.717, 1.165) is 30.4 Å². The van der Waals surface area contributed by atoms with Gasteiger partial charge in [0.2, 0.25) is 0 Å². The van der Waals surface area contributed by atoms with Crippen molar-refractivity contribution in [3.63, 3.8) is 0 Å². The molecule has 1 atom stereocenters. The zero-order valence-corrected chi connectivity index (χ0v) is 9.46. The molecule has 1 heterocycles. The highest BCUT2D eigenvalue weighted by Gasteiger charge is 2.17. The first kappa shape index (κ1) is 11.1. The van der Waals surface area contributed by atoms with Gasteiger partial charge in [0.1, 0.15) is 6.29 Å². The predicted molar refractivity (Wildman–Crippen MR) is 63.3 cm³/mol. The zero-order valence-electron chi connectivity index (χ0n) is 8.70. The van der Waals surface area contributed by atoms with Crippen LogP contribution in [0, 0.1) is 0 Å². The van der Waals surface area contributed by atoms with Gasteiger partial charge in [-0.05, 0) is 36.6 Å². The highest BCUT2D eigenvalue weighted by atomic mass is 35.5. The van der Waals surface area contributed by atoms with Gasteiger partial charge in [0, 0.05) is 11.3 Å². The molecule has 1 unspecified atom stereocenters. The molecule has 2 rings (SSSR count). The summed E-state index contributed by atoms with van der Waals surface area (Å²) < 4.78 is 0. The lowest BCUT2D eigenvalue weighted by Crippen LogP contribution is -2.26. The molecule has 3 nitrogen and oxygen atoms in total. The van der Waals surface area contributed by atoms with Gasteiger partial charge in [0.05, 0.1) is 11.9 Å². The van der Waals surface area contributed by atoms with Gasteiger partial charge in [0.15, 0.2) is 5.78 Å². The lowest BCUT2D eigenvalue weighted by atomic mass is 9.96. The average molecular weight is 238 g/mol. The van der Waals surface area contributed by atoms with Crippen LogP contribution in [0.25, 0.3) is 0 Å². The topological polar surface area (TPSA) is 46.2 Å². The van der Waals surface area contributed by atoms with Gasteiger partial charge in [-0.1, -0.05) is 0 Å². The molecular weight excluding hydrogens is 226 g/mol. The number of ketones is 1. The summed E-state index contributed by atoms with van der Waals surface area (Å²) in [7, 11) is 0. The Morgan fingerprint density at radius 2 is 2.38 bits per heavy atom. The van der Waals surface area contributed by atoms with Gasteiger partial charge in [0.25, 0.3) is 0 Å². The summed E-state index contributed by atoms with van der Waals surface area (Å²) >= 11 is 5.50. The van der Waals surface area contributed by atoms with E-state index in [-0.39, 0.29) is 17.7 Å². The third-order valence-electron chi connectivity index (χ3n) is 2.78. The second kappa shape index (κ2) is 4.66. The van der Waals surface area contributed by atoms with Crippen molar-refractivity contribution in [2.75, 3.05) is 11.2 Å². The Balaban J connectivity index is 2.27. The number of halogens is 1. The fourth-order valence-corrected chi connectivity index (χ4v) is 2.03. The predicted octanol–water partition coefficient (Wildman–Crippen LogP) is 2.03. The van der Waals surface area contributed by atoms with Crippen LogP contribution in [0.4, 0.5) is 5.69 Å². The number of rotatable bonds is 3. The third kappa shape index (κ3) is 2.09. The molecule has 1 aliphatic heterocycles. The second-order valence-corrected chi connectivity index (χ2v) is 4.12. The van der Waals surface area contributed by atoms with Gasteiger partial charge in [-0.3, -0.25) is 4.79 Å². The number of nitrogens with one attached hydrogen (secondary N) is 1. The van der Waals surface area contributed by atoms with Crippen LogP contribution in [0.3, 0.4) is 0 Å². The number of carbonyl (C=O) groups excluding carboxylic acids is 2. The van der Waals surface area contributed by atoms with Crippen molar-refractivity contribution in [1.82, 2.24) is 0 Å². The molecule has 0 fully saturated rings. The summed E-state index contributed by atoms with van der Waals surface area (Å²) in [5.74, 6) is -0.0645. The van der Waals surface area contributed by atoms with E-state index in [1.54, 1.807) is 6.07 Å². The lowest BCUT2D eigenvalue weighted by molar-refractivity contribution is -0.108. The molecular formula is C12H12ClNO2. The SMILES string of the molecule is O=CC1CCc2cc(C(=O)CCl)ccc2N1. The van der Waals surface area contributed by atoms with Gasteiger partial charge in [-0.2, -0.15) is 0 Å². The number of aldehydes is 1. The third-order valence-corrected chi connectivity index (χ3v) is 3.02. The maximum absolute atomic E-state index is 11.4. The van der Waals surface area contributed by atoms with Crippen LogP contribution in [-0.4, -0.2) is 24.0 Å². The van der Waals surface area contributed by atoms with Crippen LogP contribution in [0.1, 0.15) is 22.3 Å². The Bertz CT molecular complexity index is 431. The van der Waals surface area contributed by atoms with Gasteiger partial charge in [-0.15, -0.1) is 11.6 Å². The van der Waals surface area contributed by atoms with Crippen molar-refractivity contribution in [3.8, 4) is 0 Å². The Hall–Kier alpha value is -1.35. The quantitative estimate of drug-likeness (QED) is 0.497. The largest absolute Gasteiger partial charge is 0.375 e. The molecule has 0 radical (unpaired) electrons. The number of aryl methyl sites for hydroxylation is 1. The summed E-state index contributed by atoms with van der Waals surface area (Å²) in [6.45, 7) is 0. The van der Waals surface area contributed by atoms with Crippen LogP contribution >= 0.6 is 11.6 Å². The zero-order chi connectivity index (χ0) is 11.5. The van der Waals surface area contributed by atoms with Crippen molar-refractivity contribution < 1.29 is 9.59 Å². The van der Waals surface area contributed by atoms with E-state index in [4.69, 9.17) is 11.6 Å². The van der Waals surface area contributed by atoms with E-state index in [2.05, 4.69) is 5.32 Å². The van der Waals surface area contributed by atoms with Crippen LogP contribution < -0.4 is 5.32 Å². The standard InChI is InChI=1S/C12H12ClNO2/c13-6-12(16)9-2-4-11-8(5-9)1-3-10(7-15)14-11/h2,4-5,7,10,14H,1,3,6H2. The average Bonchev–Trinajstić information content (AvgIpc) is 2.36. The Morgan fingerprint density at radius 3 is 3.06 bits per heavy atom. The lowest BCUT2D eigenvalue weighted by Gasteiger charge is -2.23. The second-order valence-electron chi connectivity index (χ2n) is 3.85. The number of anilines is 1. The molecule has 4 heteroatoms. The highest BCUT2D eigenvalue weighted by molar-refractivity contribution is 6.30. The van der Waals surface area contributed by atoms with Crippen LogP contribution in [0.5, 0.6) is 0 Å². The number of hydrogen-bond acceptors (Lipinski definition) is 3. The number of benzene rings is 1. The number of Topliss-reactive ketones (excluding diaryl/α,β-unsaturated/α-hetero) is 1. The van der Waals surface area contributed by atoms with Gasteiger partial charge < -0.3 is 10.1 Å². The maximum atomic E-state index is 11.4. The van der Waals surface area contributed by atoms with Gasteiger partial charge >= 0.3 is 0 Å². The van der Waals surface area contributed by atoms with E-state index in [9.17, 15) is 9.59 Å². The molecule has 1 aliphatic rings. The minimum atomic E-state index is -0.109. The summed E-state index contributed by atoms with van der Waals surface area (Å²) in [6, 6.07) is 5.32. The minimum Gasteiger partial charge on any atom is -0.375 e. The molecule has 0 amide bonds. The molecule has 1 aromatic carbocycles. The smallest absolute Gasteiger partial charge is 0.177 e. The van der Waals surface area contributed by atoms with Crippen molar-refractivity contribution >= 4 is 29.4 Å². The van der Waals surface area contributed by atoms with Crippen molar-refractivity contribution in [1.29, 1.82) is 0 Å². The Morgan fingerprint density at radius 1 is 1.56 bits per heavy atom. The summed E-state index contributed by atoms with van der Waals surface area (Å²) in [4.78, 5) is 22.1. The molecule has 0 aromatic heterocycles. The summed E-state index contributed by atoms with van der Waals surface area (Å²) in [6.07, 6.45) is 2.50. The molecule has 0 saturated carbocycles. The van der Waals surface area contributed by atoms with E-state index < -0.39 is 0 Å². The van der Waals surface area contributed by atoms with Crippen LogP contribution in [-0.2, 0) is 11.2 Å². The number of alkyl halides is 1. The molecule has 1 aromatic rings. The van der Waals surface area contributed by atoms with E-state index in [1.807, 2.05) is 12.1 Å². The molecule has 0 saturated heterocycles. The molecule has 84 valence electrons. The monoisotopic (exact) mass is 237 g/mol. The molecule has 0 bridgehead atoms. The fraction of sp³-hybridized carbons (Fsp3) is 0.333. The first-order valence-corrected chi connectivity index (χ1v) is 5.72. The Labute approximate surface area is 98.8 Å². The molecule has 16 heavy (non-hydrogen) atoms. The van der Waals surface area contributed by atoms with E-state index >= 15 is 0 Å². The fourth-order valence-electron chi connectivity index (χ4n) is 1.88. The number of hydrogen-bond donors (Lipinski definition) is 1. The van der Waals surface area contributed by atoms with E-state index in [1.165, 1.54) is 0 Å². The van der Waals surface area contributed by atoms with Crippen molar-refractivity contribution in [2.24, 2.45) is 0 Å². The summed E-state index contributed by atoms with van der Waals surface area (Å²) in [5.41, 5.74) is 2.66. The van der Waals surface area contributed by atoms with Crippen molar-refractivity contribution in [3.05, 3.63) is 29.3 Å². The first-order chi connectivity index (χ1) is 7.74. The van der Waals surface area contributed by atoms with Gasteiger partial charge in [-0.25, -0.2) is 0 Å². The van der Waals surface area contributed by atoms with Crippen molar-refractivity contribution in [2.45, 2.75) is 18.9 Å². The number of fused-ring (bicyclic) bond motifs is 1. The molecule has 0 aliphatic carbocycles. The summed E-state index contributed by atoms with van der Waals surface area (Å²) in [5, 5.41) is 3.12. The molecule has 0 spiro atoms. The Kier molecular flexibility index (Phi) is 3.25. The van der Waals surface area contributed by atoms with Crippen LogP contribution in [0.15, 0.2) is 18.2 Å². The number of carbonyl (C=O) groups is 2. The van der Waals surface area contributed by atoms with Crippen LogP contribution in [0.2, 0.25) is 0 Å². The maximum Gasteiger partial charge on any atom is 0.177 e. The first-order valence-electron chi connectivity index (χ1n) is 5.18. The van der Waals surface area contributed by atoms with E-state index in [0.29, 0.717) is 5.56 Å². The molecule has 1 N–H and O–H groups in total. The normalized spacial score (nSPS) is 18.4.